The number of likely N-dealkylation sites (N-methyl/N-ethyl adjacent to an activating group) is 1. The third-order valence-corrected chi connectivity index (χ3v) is 7.01. The van der Waals surface area contributed by atoms with Crippen LogP contribution in [0.1, 0.15) is 25.6 Å². The first-order valence-corrected chi connectivity index (χ1v) is 13.0. The maximum atomic E-state index is 13.3. The van der Waals surface area contributed by atoms with Crippen LogP contribution in [0.2, 0.25) is 15.1 Å². The lowest BCUT2D eigenvalue weighted by molar-refractivity contribution is 0.102. The standard InChI is InChI=1S/C24H25Cl3N4O5S/c1-31(5-6-32)12-14-13-37-22(20(14)27)24(34)30-21-17(9-16(26)10-18(21)36-8-7-35-2)23(33)29-19-4-3-15(25)11-28-19/h3-4,9-11,13,32H,5-8,12H2,1-2H3,(H,30,34)(H,28,29,33). The monoisotopic (exact) mass is 586 g/mol. The van der Waals surface area contributed by atoms with Crippen molar-refractivity contribution < 1.29 is 24.2 Å². The third-order valence-electron chi connectivity index (χ3n) is 4.99. The number of hydrogen-bond acceptors (Lipinski definition) is 8. The van der Waals surface area contributed by atoms with Gasteiger partial charge in [-0.1, -0.05) is 34.8 Å². The molecule has 2 amide bonds. The van der Waals surface area contributed by atoms with Gasteiger partial charge in [-0.25, -0.2) is 4.98 Å². The second-order valence-electron chi connectivity index (χ2n) is 7.80. The summed E-state index contributed by atoms with van der Waals surface area (Å²) < 4.78 is 10.8. The topological polar surface area (TPSA) is 113 Å². The molecule has 0 unspecified atom stereocenters. The van der Waals surface area contributed by atoms with Crippen molar-refractivity contribution in [1.29, 1.82) is 0 Å². The van der Waals surface area contributed by atoms with Gasteiger partial charge in [-0.2, -0.15) is 0 Å². The van der Waals surface area contributed by atoms with E-state index in [0.29, 0.717) is 23.1 Å². The van der Waals surface area contributed by atoms with E-state index in [1.165, 1.54) is 36.8 Å². The summed E-state index contributed by atoms with van der Waals surface area (Å²) >= 11 is 19.8. The normalized spacial score (nSPS) is 11.0. The quantitative estimate of drug-likeness (QED) is 0.254. The van der Waals surface area contributed by atoms with Crippen molar-refractivity contribution in [3.05, 3.63) is 66.9 Å². The number of amides is 2. The number of rotatable bonds is 12. The molecule has 3 rings (SSSR count). The molecule has 9 nitrogen and oxygen atoms in total. The molecule has 0 saturated heterocycles. The fraction of sp³-hybridized carbons (Fsp3) is 0.292. The molecule has 0 aliphatic carbocycles. The molecule has 0 spiro atoms. The Labute approximate surface area is 233 Å². The van der Waals surface area contributed by atoms with Gasteiger partial charge in [-0.3, -0.25) is 14.5 Å². The van der Waals surface area contributed by atoms with E-state index in [4.69, 9.17) is 49.4 Å². The number of carbonyl (C=O) groups is 2. The zero-order valence-electron chi connectivity index (χ0n) is 20.0. The van der Waals surface area contributed by atoms with Crippen molar-refractivity contribution in [3.8, 4) is 5.75 Å². The number of pyridine rings is 1. The van der Waals surface area contributed by atoms with E-state index in [1.807, 2.05) is 11.9 Å². The van der Waals surface area contributed by atoms with Gasteiger partial charge in [-0.05, 0) is 36.2 Å². The molecule has 1 aromatic carbocycles. The first-order chi connectivity index (χ1) is 17.7. The fourth-order valence-corrected chi connectivity index (χ4v) is 4.79. The lowest BCUT2D eigenvalue weighted by atomic mass is 10.1. The molecule has 0 aliphatic rings. The molecule has 0 bridgehead atoms. The summed E-state index contributed by atoms with van der Waals surface area (Å²) in [6.07, 6.45) is 1.39. The highest BCUT2D eigenvalue weighted by molar-refractivity contribution is 7.13. The summed E-state index contributed by atoms with van der Waals surface area (Å²) in [5.41, 5.74) is 0.910. The summed E-state index contributed by atoms with van der Waals surface area (Å²) in [5.74, 6) is -0.661. The minimum atomic E-state index is -0.576. The average Bonchev–Trinajstić information content (AvgIpc) is 3.21. The number of hydrogen-bond donors (Lipinski definition) is 3. The molecule has 0 fully saturated rings. The SMILES string of the molecule is COCCOc1cc(Cl)cc(C(=O)Nc2ccc(Cl)cn2)c1NC(=O)c1scc(CN(C)CCO)c1Cl. The van der Waals surface area contributed by atoms with Gasteiger partial charge in [0.15, 0.2) is 0 Å². The van der Waals surface area contributed by atoms with Crippen LogP contribution in [-0.2, 0) is 11.3 Å². The maximum Gasteiger partial charge on any atom is 0.267 e. The highest BCUT2D eigenvalue weighted by Crippen LogP contribution is 2.36. The van der Waals surface area contributed by atoms with Crippen LogP contribution < -0.4 is 15.4 Å². The van der Waals surface area contributed by atoms with E-state index in [9.17, 15) is 9.59 Å². The molecule has 2 heterocycles. The summed E-state index contributed by atoms with van der Waals surface area (Å²) in [6, 6.07) is 6.03. The molecular weight excluding hydrogens is 563 g/mol. The molecule has 198 valence electrons. The van der Waals surface area contributed by atoms with Gasteiger partial charge in [0.25, 0.3) is 11.8 Å². The van der Waals surface area contributed by atoms with Crippen LogP contribution >= 0.6 is 46.1 Å². The Hall–Kier alpha value is -2.44. The number of methoxy groups -OCH3 is 1. The molecule has 0 radical (unpaired) electrons. The minimum Gasteiger partial charge on any atom is -0.489 e. The van der Waals surface area contributed by atoms with Gasteiger partial charge in [0, 0.05) is 37.5 Å². The van der Waals surface area contributed by atoms with Gasteiger partial charge in [0.05, 0.1) is 34.5 Å². The van der Waals surface area contributed by atoms with Crippen molar-refractivity contribution in [2.75, 3.05) is 51.2 Å². The van der Waals surface area contributed by atoms with E-state index in [0.717, 1.165) is 5.56 Å². The highest BCUT2D eigenvalue weighted by Gasteiger charge is 2.24. The Kier molecular flexibility index (Phi) is 11.0. The number of aliphatic hydroxyl groups is 1. The van der Waals surface area contributed by atoms with Gasteiger partial charge < -0.3 is 25.2 Å². The van der Waals surface area contributed by atoms with Crippen LogP contribution in [0.5, 0.6) is 5.75 Å². The van der Waals surface area contributed by atoms with Crippen molar-refractivity contribution in [1.82, 2.24) is 9.88 Å². The Morgan fingerprint density at radius 1 is 1.11 bits per heavy atom. The largest absolute Gasteiger partial charge is 0.489 e. The number of halogens is 3. The Morgan fingerprint density at radius 2 is 1.89 bits per heavy atom. The lowest BCUT2D eigenvalue weighted by Crippen LogP contribution is -2.21. The Bertz CT molecular complexity index is 1240. The lowest BCUT2D eigenvalue weighted by Gasteiger charge is -2.17. The van der Waals surface area contributed by atoms with E-state index in [2.05, 4.69) is 15.6 Å². The van der Waals surface area contributed by atoms with Gasteiger partial charge >= 0.3 is 0 Å². The number of nitrogens with one attached hydrogen (secondary N) is 2. The van der Waals surface area contributed by atoms with E-state index in [1.54, 1.807) is 17.5 Å². The van der Waals surface area contributed by atoms with Crippen molar-refractivity contribution in [3.63, 3.8) is 0 Å². The van der Waals surface area contributed by atoms with E-state index < -0.39 is 11.8 Å². The molecule has 2 aromatic heterocycles. The summed E-state index contributed by atoms with van der Waals surface area (Å²) in [5, 5.41) is 17.3. The Balaban J connectivity index is 1.93. The van der Waals surface area contributed by atoms with Crippen molar-refractivity contribution in [2.24, 2.45) is 0 Å². The molecule has 0 atom stereocenters. The number of carbonyl (C=O) groups excluding carboxylic acids is 2. The zero-order valence-corrected chi connectivity index (χ0v) is 23.1. The van der Waals surface area contributed by atoms with Crippen LogP contribution in [0.15, 0.2) is 35.8 Å². The summed E-state index contributed by atoms with van der Waals surface area (Å²) in [4.78, 5) is 32.7. The van der Waals surface area contributed by atoms with Crippen LogP contribution in [0.25, 0.3) is 0 Å². The molecule has 0 saturated carbocycles. The minimum absolute atomic E-state index is 0.00436. The number of ether oxygens (including phenoxy) is 2. The zero-order chi connectivity index (χ0) is 26.9. The van der Waals surface area contributed by atoms with Gasteiger partial charge in [0.2, 0.25) is 0 Å². The fourth-order valence-electron chi connectivity index (χ4n) is 3.22. The second kappa shape index (κ2) is 13.9. The predicted molar refractivity (Wildman–Crippen MR) is 147 cm³/mol. The highest BCUT2D eigenvalue weighted by atomic mass is 35.5. The van der Waals surface area contributed by atoms with E-state index >= 15 is 0 Å². The van der Waals surface area contributed by atoms with E-state index in [-0.39, 0.29) is 52.5 Å². The number of aromatic nitrogens is 1. The second-order valence-corrected chi connectivity index (χ2v) is 9.93. The number of benzene rings is 1. The first-order valence-electron chi connectivity index (χ1n) is 11.0. The van der Waals surface area contributed by atoms with Crippen LogP contribution in [0.4, 0.5) is 11.5 Å². The summed E-state index contributed by atoms with van der Waals surface area (Å²) in [7, 11) is 3.36. The van der Waals surface area contributed by atoms with Crippen LogP contribution in [0.3, 0.4) is 0 Å². The van der Waals surface area contributed by atoms with Crippen molar-refractivity contribution in [2.45, 2.75) is 6.54 Å². The van der Waals surface area contributed by atoms with Crippen molar-refractivity contribution >= 4 is 69.5 Å². The maximum absolute atomic E-state index is 13.3. The molecule has 3 aromatic rings. The molecule has 13 heteroatoms. The molecule has 3 N–H and O–H groups in total. The number of thiophene rings is 1. The number of anilines is 2. The molecular formula is C24H25Cl3N4O5S. The number of nitrogens with zero attached hydrogens (tertiary/aromatic N) is 2. The predicted octanol–water partition coefficient (Wildman–Crippen LogP) is 5.06. The van der Waals surface area contributed by atoms with Crippen LogP contribution in [-0.4, -0.2) is 67.3 Å². The number of aliphatic hydroxyl groups excluding tert-OH is 1. The molecule has 37 heavy (non-hydrogen) atoms. The Morgan fingerprint density at radius 3 is 2.57 bits per heavy atom. The van der Waals surface area contributed by atoms with Crippen LogP contribution in [0, 0.1) is 0 Å². The third kappa shape index (κ3) is 8.02. The first kappa shape index (κ1) is 29.1. The van der Waals surface area contributed by atoms with Gasteiger partial charge in [0.1, 0.15) is 23.1 Å². The molecule has 0 aliphatic heterocycles. The average molecular weight is 588 g/mol. The van der Waals surface area contributed by atoms with Gasteiger partial charge in [-0.15, -0.1) is 11.3 Å². The summed E-state index contributed by atoms with van der Waals surface area (Å²) in [6.45, 7) is 1.35. The smallest absolute Gasteiger partial charge is 0.267 e.